The van der Waals surface area contributed by atoms with Gasteiger partial charge in [-0.15, -0.1) is 0 Å². The Morgan fingerprint density at radius 3 is 2.86 bits per heavy atom. The molecular weight excluding hydrogens is 304 g/mol. The number of ether oxygens (including phenoxy) is 1. The van der Waals surface area contributed by atoms with Gasteiger partial charge in [0.2, 0.25) is 5.28 Å². The Kier molecular flexibility index (Phi) is 5.11. The summed E-state index contributed by atoms with van der Waals surface area (Å²) in [5.74, 6) is 0.811. The molecule has 1 amide bonds. The molecule has 0 radical (unpaired) electrons. The summed E-state index contributed by atoms with van der Waals surface area (Å²) in [6.07, 6.45) is 1.66. The largest absolute Gasteiger partial charge is 0.444 e. The smallest absolute Gasteiger partial charge is 0.407 e. The molecule has 0 aliphatic carbocycles. The lowest BCUT2D eigenvalue weighted by Gasteiger charge is -2.27. The van der Waals surface area contributed by atoms with Crippen LogP contribution in [-0.2, 0) is 4.74 Å². The molecule has 0 aromatic carbocycles. The van der Waals surface area contributed by atoms with E-state index in [1.807, 2.05) is 33.8 Å². The Morgan fingerprint density at radius 1 is 1.50 bits per heavy atom. The van der Waals surface area contributed by atoms with Crippen LogP contribution in [0, 0.1) is 6.92 Å². The van der Waals surface area contributed by atoms with E-state index >= 15 is 0 Å². The summed E-state index contributed by atoms with van der Waals surface area (Å²) in [4.78, 5) is 22.3. The van der Waals surface area contributed by atoms with E-state index in [0.29, 0.717) is 6.54 Å². The summed E-state index contributed by atoms with van der Waals surface area (Å²) in [6, 6.07) is 2.11. The van der Waals surface area contributed by atoms with Gasteiger partial charge < -0.3 is 15.0 Å². The van der Waals surface area contributed by atoms with Crippen molar-refractivity contribution in [3.05, 3.63) is 17.0 Å². The fourth-order valence-corrected chi connectivity index (χ4v) is 2.75. The van der Waals surface area contributed by atoms with Crippen molar-refractivity contribution in [1.82, 2.24) is 15.3 Å². The fourth-order valence-electron chi connectivity index (χ4n) is 2.53. The Hall–Kier alpha value is -1.56. The molecule has 7 heteroatoms. The monoisotopic (exact) mass is 326 g/mol. The minimum absolute atomic E-state index is 0.192. The Morgan fingerprint density at radius 2 is 2.23 bits per heavy atom. The van der Waals surface area contributed by atoms with E-state index in [4.69, 9.17) is 16.3 Å². The second kappa shape index (κ2) is 6.69. The number of rotatable bonds is 3. The van der Waals surface area contributed by atoms with Gasteiger partial charge in [0.15, 0.2) is 0 Å². The number of nitrogens with one attached hydrogen (secondary N) is 1. The third-order valence-corrected chi connectivity index (χ3v) is 3.53. The van der Waals surface area contributed by atoms with E-state index < -0.39 is 11.7 Å². The second-order valence-corrected chi connectivity index (χ2v) is 6.85. The number of aryl methyl sites for hydroxylation is 1. The highest BCUT2D eigenvalue weighted by Crippen LogP contribution is 2.25. The SMILES string of the molecule is Cc1cc(N2CCCC2CNC(=O)OC(C)(C)C)nc(Cl)n1. The molecule has 122 valence electrons. The van der Waals surface area contributed by atoms with Crippen LogP contribution in [-0.4, -0.2) is 40.8 Å². The number of halogens is 1. The van der Waals surface area contributed by atoms with Gasteiger partial charge in [0.05, 0.1) is 0 Å². The Bertz CT molecular complexity index is 525. The van der Waals surface area contributed by atoms with Crippen LogP contribution in [0.3, 0.4) is 0 Å². The normalized spacial score (nSPS) is 18.4. The molecule has 2 heterocycles. The first-order valence-corrected chi connectivity index (χ1v) is 7.87. The van der Waals surface area contributed by atoms with Crippen molar-refractivity contribution in [1.29, 1.82) is 0 Å². The van der Waals surface area contributed by atoms with Crippen molar-refractivity contribution in [2.24, 2.45) is 0 Å². The van der Waals surface area contributed by atoms with Gasteiger partial charge in [0, 0.05) is 30.9 Å². The molecule has 0 bridgehead atoms. The third kappa shape index (κ3) is 4.73. The maximum atomic E-state index is 11.8. The first-order valence-electron chi connectivity index (χ1n) is 7.49. The average Bonchev–Trinajstić information content (AvgIpc) is 2.81. The van der Waals surface area contributed by atoms with Crippen molar-refractivity contribution in [3.8, 4) is 0 Å². The molecule has 1 aliphatic heterocycles. The summed E-state index contributed by atoms with van der Waals surface area (Å²) in [5.41, 5.74) is 0.345. The van der Waals surface area contributed by atoms with E-state index in [9.17, 15) is 4.79 Å². The summed E-state index contributed by atoms with van der Waals surface area (Å²) in [6.45, 7) is 8.85. The molecule has 1 aromatic rings. The van der Waals surface area contributed by atoms with Gasteiger partial charge in [-0.3, -0.25) is 0 Å². The van der Waals surface area contributed by atoms with Crippen molar-refractivity contribution in [3.63, 3.8) is 0 Å². The standard InChI is InChI=1S/C15H23ClN4O2/c1-10-8-12(19-13(16)18-10)20-7-5-6-11(20)9-17-14(21)22-15(2,3)4/h8,11H,5-7,9H2,1-4H3,(H,17,21). The minimum atomic E-state index is -0.489. The van der Waals surface area contributed by atoms with Crippen molar-refractivity contribution >= 4 is 23.5 Å². The molecule has 1 unspecified atom stereocenters. The highest BCUT2D eigenvalue weighted by molar-refractivity contribution is 6.28. The number of aromatic nitrogens is 2. The topological polar surface area (TPSA) is 67.4 Å². The van der Waals surface area contributed by atoms with E-state index in [2.05, 4.69) is 20.2 Å². The Labute approximate surface area is 136 Å². The lowest BCUT2D eigenvalue weighted by Crippen LogP contribution is -2.42. The van der Waals surface area contributed by atoms with Gasteiger partial charge in [-0.25, -0.2) is 14.8 Å². The number of hydrogen-bond acceptors (Lipinski definition) is 5. The van der Waals surface area contributed by atoms with Gasteiger partial charge in [-0.05, 0) is 52.1 Å². The van der Waals surface area contributed by atoms with Crippen LogP contribution in [0.2, 0.25) is 5.28 Å². The van der Waals surface area contributed by atoms with Crippen molar-refractivity contribution in [2.45, 2.75) is 52.2 Å². The molecule has 0 spiro atoms. The first-order chi connectivity index (χ1) is 10.2. The van der Waals surface area contributed by atoms with Crippen molar-refractivity contribution in [2.75, 3.05) is 18.0 Å². The molecule has 2 rings (SSSR count). The summed E-state index contributed by atoms with van der Waals surface area (Å²) in [7, 11) is 0. The number of carbonyl (C=O) groups is 1. The van der Waals surface area contributed by atoms with Gasteiger partial charge >= 0.3 is 6.09 Å². The number of hydrogen-bond donors (Lipinski definition) is 1. The van der Waals surface area contributed by atoms with Crippen LogP contribution < -0.4 is 10.2 Å². The predicted molar refractivity (Wildman–Crippen MR) is 86.4 cm³/mol. The fraction of sp³-hybridized carbons (Fsp3) is 0.667. The lowest BCUT2D eigenvalue weighted by atomic mass is 10.2. The van der Waals surface area contributed by atoms with Crippen LogP contribution in [0.25, 0.3) is 0 Å². The van der Waals surface area contributed by atoms with E-state index in [1.165, 1.54) is 0 Å². The first kappa shape index (κ1) is 16.8. The number of carbonyl (C=O) groups excluding carboxylic acids is 1. The molecular formula is C15H23ClN4O2. The molecule has 1 N–H and O–H groups in total. The number of anilines is 1. The average molecular weight is 327 g/mol. The summed E-state index contributed by atoms with van der Waals surface area (Å²) >= 11 is 5.94. The molecule has 1 atom stereocenters. The van der Waals surface area contributed by atoms with Crippen LogP contribution in [0.1, 0.15) is 39.3 Å². The van der Waals surface area contributed by atoms with Gasteiger partial charge in [-0.1, -0.05) is 0 Å². The van der Waals surface area contributed by atoms with E-state index in [1.54, 1.807) is 0 Å². The molecule has 1 aromatic heterocycles. The van der Waals surface area contributed by atoms with E-state index in [-0.39, 0.29) is 11.3 Å². The zero-order valence-corrected chi connectivity index (χ0v) is 14.3. The van der Waals surface area contributed by atoms with Gasteiger partial charge in [0.1, 0.15) is 11.4 Å². The minimum Gasteiger partial charge on any atom is -0.444 e. The zero-order chi connectivity index (χ0) is 16.3. The maximum Gasteiger partial charge on any atom is 0.407 e. The maximum absolute atomic E-state index is 11.8. The highest BCUT2D eigenvalue weighted by atomic mass is 35.5. The summed E-state index contributed by atoms with van der Waals surface area (Å²) < 4.78 is 5.26. The molecule has 1 saturated heterocycles. The number of alkyl carbamates (subject to hydrolysis) is 1. The quantitative estimate of drug-likeness (QED) is 0.865. The Balaban J connectivity index is 1.97. The summed E-state index contributed by atoms with van der Waals surface area (Å²) in [5, 5.41) is 3.08. The highest BCUT2D eigenvalue weighted by Gasteiger charge is 2.27. The molecule has 6 nitrogen and oxygen atoms in total. The van der Waals surface area contributed by atoms with Crippen LogP contribution >= 0.6 is 11.6 Å². The second-order valence-electron chi connectivity index (χ2n) is 6.51. The number of amides is 1. The molecule has 1 fully saturated rings. The molecule has 22 heavy (non-hydrogen) atoms. The lowest BCUT2D eigenvalue weighted by molar-refractivity contribution is 0.0525. The van der Waals surface area contributed by atoms with Gasteiger partial charge in [0.25, 0.3) is 0 Å². The predicted octanol–water partition coefficient (Wildman–Crippen LogP) is 2.93. The van der Waals surface area contributed by atoms with Crippen LogP contribution in [0.5, 0.6) is 0 Å². The molecule has 1 aliphatic rings. The third-order valence-electron chi connectivity index (χ3n) is 3.37. The molecule has 0 saturated carbocycles. The zero-order valence-electron chi connectivity index (χ0n) is 13.5. The van der Waals surface area contributed by atoms with E-state index in [0.717, 1.165) is 30.9 Å². The van der Waals surface area contributed by atoms with Crippen LogP contribution in [0.4, 0.5) is 10.6 Å². The van der Waals surface area contributed by atoms with Crippen molar-refractivity contribution < 1.29 is 9.53 Å². The van der Waals surface area contributed by atoms with Crippen LogP contribution in [0.15, 0.2) is 6.07 Å². The van der Waals surface area contributed by atoms with Gasteiger partial charge in [-0.2, -0.15) is 0 Å². The number of nitrogens with zero attached hydrogens (tertiary/aromatic N) is 3.